The Balaban J connectivity index is 0.982. The highest BCUT2D eigenvalue weighted by molar-refractivity contribution is 6.10. The lowest BCUT2D eigenvalue weighted by Crippen LogP contribution is -2.14. The third kappa shape index (κ3) is 4.83. The standard InChI is InChI=1S/C51H36/c1-51(2)49-15-9-8-14-45(49)46-27-23-39(32-50(46)51)34-18-16-33(17-19-34)38-22-25-43-40(28-38)20-21-41-29-42(24-26-44(41)43)48-31-37-13-7-6-12-36(37)30-47(48)35-10-4-3-5-11-35/h3-32H,1-2H3. The third-order valence-electron chi connectivity index (χ3n) is 11.3. The fraction of sp³-hybridized carbons (Fsp3) is 0.0588. The zero-order valence-electron chi connectivity index (χ0n) is 28.8. The average molecular weight is 649 g/mol. The molecule has 0 amide bonds. The summed E-state index contributed by atoms with van der Waals surface area (Å²) in [6.45, 7) is 4.69. The van der Waals surface area contributed by atoms with Crippen LogP contribution in [0.3, 0.4) is 0 Å². The van der Waals surface area contributed by atoms with Crippen molar-refractivity contribution in [3.63, 3.8) is 0 Å². The summed E-state index contributed by atoms with van der Waals surface area (Å²) in [4.78, 5) is 0. The Labute approximate surface area is 299 Å². The van der Waals surface area contributed by atoms with Gasteiger partial charge in [0, 0.05) is 5.41 Å². The number of hydrogen-bond acceptors (Lipinski definition) is 0. The predicted molar refractivity (Wildman–Crippen MR) is 218 cm³/mol. The molecule has 0 atom stereocenters. The Morgan fingerprint density at radius 3 is 1.45 bits per heavy atom. The highest BCUT2D eigenvalue weighted by atomic mass is 14.4. The van der Waals surface area contributed by atoms with Gasteiger partial charge in [0.05, 0.1) is 0 Å². The van der Waals surface area contributed by atoms with Crippen molar-refractivity contribution < 1.29 is 0 Å². The molecule has 0 saturated carbocycles. The number of hydrogen-bond donors (Lipinski definition) is 0. The Morgan fingerprint density at radius 2 is 0.765 bits per heavy atom. The molecule has 9 aromatic carbocycles. The van der Waals surface area contributed by atoms with Crippen LogP contribution in [0.2, 0.25) is 0 Å². The van der Waals surface area contributed by atoms with E-state index in [9.17, 15) is 0 Å². The Hall–Kier alpha value is -6.24. The van der Waals surface area contributed by atoms with E-state index >= 15 is 0 Å². The maximum atomic E-state index is 2.40. The van der Waals surface area contributed by atoms with Crippen molar-refractivity contribution in [3.05, 3.63) is 193 Å². The van der Waals surface area contributed by atoms with E-state index in [1.165, 1.54) is 99.1 Å². The number of fused-ring (bicyclic) bond motifs is 7. The van der Waals surface area contributed by atoms with Crippen LogP contribution in [-0.4, -0.2) is 0 Å². The molecule has 1 aliphatic carbocycles. The van der Waals surface area contributed by atoms with Crippen molar-refractivity contribution in [3.8, 4) is 55.6 Å². The first-order chi connectivity index (χ1) is 25.0. The maximum absolute atomic E-state index is 2.40. The monoisotopic (exact) mass is 648 g/mol. The molecule has 10 rings (SSSR count). The van der Waals surface area contributed by atoms with Crippen molar-refractivity contribution in [2.75, 3.05) is 0 Å². The second-order valence-corrected chi connectivity index (χ2v) is 14.6. The van der Waals surface area contributed by atoms with Crippen LogP contribution in [0.1, 0.15) is 25.0 Å². The summed E-state index contributed by atoms with van der Waals surface area (Å²) in [5.74, 6) is 0. The van der Waals surface area contributed by atoms with Gasteiger partial charge in [-0.05, 0) is 129 Å². The number of rotatable bonds is 4. The average Bonchev–Trinajstić information content (AvgIpc) is 3.42. The fourth-order valence-corrected chi connectivity index (χ4v) is 8.49. The smallest absolute Gasteiger partial charge is 0.0159 e. The molecular formula is C51H36. The number of benzene rings is 9. The fourth-order valence-electron chi connectivity index (χ4n) is 8.49. The van der Waals surface area contributed by atoms with Gasteiger partial charge in [-0.2, -0.15) is 0 Å². The summed E-state index contributed by atoms with van der Waals surface area (Å²) in [6, 6.07) is 67.4. The highest BCUT2D eigenvalue weighted by Gasteiger charge is 2.35. The second kappa shape index (κ2) is 11.4. The van der Waals surface area contributed by atoms with Gasteiger partial charge in [0.1, 0.15) is 0 Å². The lowest BCUT2D eigenvalue weighted by Gasteiger charge is -2.22. The molecule has 0 nitrogen and oxygen atoms in total. The molecule has 0 unspecified atom stereocenters. The predicted octanol–water partition coefficient (Wildman–Crippen LogP) is 14.1. The van der Waals surface area contributed by atoms with E-state index in [0.29, 0.717) is 0 Å². The lowest BCUT2D eigenvalue weighted by molar-refractivity contribution is 0.660. The zero-order chi connectivity index (χ0) is 34.1. The van der Waals surface area contributed by atoms with Gasteiger partial charge in [-0.3, -0.25) is 0 Å². The molecule has 0 N–H and O–H groups in total. The molecule has 0 spiro atoms. The third-order valence-corrected chi connectivity index (χ3v) is 11.3. The Kier molecular flexibility index (Phi) is 6.63. The van der Waals surface area contributed by atoms with Crippen molar-refractivity contribution in [2.24, 2.45) is 0 Å². The minimum atomic E-state index is 0.000250. The topological polar surface area (TPSA) is 0 Å². The molecule has 0 aliphatic heterocycles. The van der Waals surface area contributed by atoms with Crippen molar-refractivity contribution >= 4 is 32.3 Å². The zero-order valence-corrected chi connectivity index (χ0v) is 28.8. The minimum Gasteiger partial charge on any atom is -0.0622 e. The first-order valence-corrected chi connectivity index (χ1v) is 17.9. The lowest BCUT2D eigenvalue weighted by atomic mass is 9.81. The summed E-state index contributed by atoms with van der Waals surface area (Å²) < 4.78 is 0. The van der Waals surface area contributed by atoms with E-state index in [2.05, 4.69) is 196 Å². The van der Waals surface area contributed by atoms with E-state index in [1.807, 2.05) is 0 Å². The first-order valence-electron chi connectivity index (χ1n) is 17.9. The molecule has 51 heavy (non-hydrogen) atoms. The second-order valence-electron chi connectivity index (χ2n) is 14.6. The van der Waals surface area contributed by atoms with E-state index in [4.69, 9.17) is 0 Å². The van der Waals surface area contributed by atoms with E-state index in [1.54, 1.807) is 0 Å². The molecule has 0 heteroatoms. The Bertz CT molecular complexity index is 2800. The maximum Gasteiger partial charge on any atom is 0.0159 e. The van der Waals surface area contributed by atoms with Gasteiger partial charge in [0.15, 0.2) is 0 Å². The van der Waals surface area contributed by atoms with Gasteiger partial charge < -0.3 is 0 Å². The van der Waals surface area contributed by atoms with E-state index < -0.39 is 0 Å². The van der Waals surface area contributed by atoms with Crippen LogP contribution in [0.5, 0.6) is 0 Å². The van der Waals surface area contributed by atoms with Crippen LogP contribution >= 0.6 is 0 Å². The van der Waals surface area contributed by atoms with Crippen LogP contribution in [0.4, 0.5) is 0 Å². The van der Waals surface area contributed by atoms with Crippen molar-refractivity contribution in [1.29, 1.82) is 0 Å². The van der Waals surface area contributed by atoms with Gasteiger partial charge in [0.2, 0.25) is 0 Å². The van der Waals surface area contributed by atoms with E-state index in [0.717, 1.165) is 0 Å². The molecule has 240 valence electrons. The molecule has 0 aromatic heterocycles. The van der Waals surface area contributed by atoms with E-state index in [-0.39, 0.29) is 5.41 Å². The van der Waals surface area contributed by atoms with Crippen LogP contribution in [-0.2, 0) is 5.41 Å². The van der Waals surface area contributed by atoms with Gasteiger partial charge in [-0.15, -0.1) is 0 Å². The summed E-state index contributed by atoms with van der Waals surface area (Å²) in [5, 5.41) is 7.59. The van der Waals surface area contributed by atoms with Crippen LogP contribution < -0.4 is 0 Å². The van der Waals surface area contributed by atoms with Crippen molar-refractivity contribution in [2.45, 2.75) is 19.3 Å². The largest absolute Gasteiger partial charge is 0.0622 e. The Morgan fingerprint density at radius 1 is 0.275 bits per heavy atom. The van der Waals surface area contributed by atoms with Gasteiger partial charge in [0.25, 0.3) is 0 Å². The first kappa shape index (κ1) is 29.7. The van der Waals surface area contributed by atoms with Crippen LogP contribution in [0.15, 0.2) is 182 Å². The normalized spacial score (nSPS) is 13.1. The van der Waals surface area contributed by atoms with Gasteiger partial charge in [-0.1, -0.05) is 166 Å². The van der Waals surface area contributed by atoms with Gasteiger partial charge in [-0.25, -0.2) is 0 Å². The molecule has 0 saturated heterocycles. The quantitative estimate of drug-likeness (QED) is 0.167. The molecule has 0 fully saturated rings. The summed E-state index contributed by atoms with van der Waals surface area (Å²) in [6.07, 6.45) is 0. The SMILES string of the molecule is CC1(C)c2ccccc2-c2ccc(-c3ccc(-c4ccc5c(ccc6cc(-c7cc8ccccc8cc7-c7ccccc7)ccc65)c4)cc3)cc21. The molecule has 1 aliphatic rings. The molecule has 0 radical (unpaired) electrons. The summed E-state index contributed by atoms with van der Waals surface area (Å²) >= 11 is 0. The van der Waals surface area contributed by atoms with Gasteiger partial charge >= 0.3 is 0 Å². The summed E-state index contributed by atoms with van der Waals surface area (Å²) in [7, 11) is 0. The molecule has 0 heterocycles. The van der Waals surface area contributed by atoms with Crippen LogP contribution in [0, 0.1) is 0 Å². The van der Waals surface area contributed by atoms with Crippen molar-refractivity contribution in [1.82, 2.24) is 0 Å². The summed E-state index contributed by atoms with van der Waals surface area (Å²) in [5.41, 5.74) is 15.5. The highest BCUT2D eigenvalue weighted by Crippen LogP contribution is 2.49. The molecular weight excluding hydrogens is 613 g/mol. The molecule has 9 aromatic rings. The van der Waals surface area contributed by atoms with Crippen LogP contribution in [0.25, 0.3) is 88.0 Å². The molecule has 0 bridgehead atoms. The minimum absolute atomic E-state index is 0.000250.